The van der Waals surface area contributed by atoms with Crippen LogP contribution in [-0.2, 0) is 13.0 Å². The lowest BCUT2D eigenvalue weighted by molar-refractivity contribution is 0.179. The van der Waals surface area contributed by atoms with Gasteiger partial charge in [0.15, 0.2) is 5.96 Å². The number of hydrogen-bond acceptors (Lipinski definition) is 3. The molecular formula is C21H30FIN4S. The van der Waals surface area contributed by atoms with Gasteiger partial charge < -0.3 is 10.6 Å². The van der Waals surface area contributed by atoms with Crippen molar-refractivity contribution in [1.82, 2.24) is 15.5 Å². The first-order chi connectivity index (χ1) is 13.2. The topological polar surface area (TPSA) is 39.7 Å². The minimum atomic E-state index is -0.142. The molecule has 28 heavy (non-hydrogen) atoms. The molecule has 0 spiro atoms. The van der Waals surface area contributed by atoms with E-state index in [9.17, 15) is 4.39 Å². The molecule has 0 atom stereocenters. The molecule has 154 valence electrons. The quantitative estimate of drug-likeness (QED) is 0.331. The van der Waals surface area contributed by atoms with Gasteiger partial charge >= 0.3 is 0 Å². The van der Waals surface area contributed by atoms with Crippen LogP contribution in [0, 0.1) is 11.7 Å². The van der Waals surface area contributed by atoms with Gasteiger partial charge in [-0.3, -0.25) is 9.89 Å². The predicted molar refractivity (Wildman–Crippen MR) is 127 cm³/mol. The van der Waals surface area contributed by atoms with Crippen molar-refractivity contribution in [3.63, 3.8) is 0 Å². The standard InChI is InChI=1S/C21H29FN4S.HI/c1-23-21(24-11-8-18-5-2-3-7-20(18)22)25-15-17-9-12-26(13-10-17)16-19-6-4-14-27-19;/h2-7,14,17H,8-13,15-16H2,1H3,(H2,23,24,25);1H. The normalized spacial score (nSPS) is 15.9. The maximum absolute atomic E-state index is 13.7. The first-order valence-electron chi connectivity index (χ1n) is 9.67. The fourth-order valence-corrected chi connectivity index (χ4v) is 4.20. The van der Waals surface area contributed by atoms with E-state index in [0.29, 0.717) is 18.9 Å². The van der Waals surface area contributed by atoms with Crippen LogP contribution in [0.15, 0.2) is 46.8 Å². The van der Waals surface area contributed by atoms with E-state index in [1.165, 1.54) is 23.8 Å². The highest BCUT2D eigenvalue weighted by molar-refractivity contribution is 14.0. The van der Waals surface area contributed by atoms with Crippen molar-refractivity contribution in [3.8, 4) is 0 Å². The molecule has 0 saturated carbocycles. The minimum absolute atomic E-state index is 0. The maximum atomic E-state index is 13.7. The zero-order valence-electron chi connectivity index (χ0n) is 16.4. The Kier molecular flexibility index (Phi) is 10.2. The molecule has 1 saturated heterocycles. The first-order valence-corrected chi connectivity index (χ1v) is 10.5. The summed E-state index contributed by atoms with van der Waals surface area (Å²) in [5.74, 6) is 1.33. The molecule has 1 aromatic carbocycles. The molecule has 0 bridgehead atoms. The van der Waals surface area contributed by atoms with Gasteiger partial charge in [-0.15, -0.1) is 35.3 Å². The molecule has 1 aliphatic heterocycles. The van der Waals surface area contributed by atoms with Crippen LogP contribution in [0.1, 0.15) is 23.3 Å². The van der Waals surface area contributed by atoms with E-state index in [2.05, 4.69) is 38.0 Å². The van der Waals surface area contributed by atoms with Gasteiger partial charge in [-0.25, -0.2) is 4.39 Å². The number of halogens is 2. The van der Waals surface area contributed by atoms with Crippen LogP contribution in [0.2, 0.25) is 0 Å². The molecule has 2 N–H and O–H groups in total. The zero-order valence-corrected chi connectivity index (χ0v) is 19.5. The van der Waals surface area contributed by atoms with Gasteiger partial charge in [0.05, 0.1) is 0 Å². The summed E-state index contributed by atoms with van der Waals surface area (Å²) in [6.45, 7) is 5.00. The van der Waals surface area contributed by atoms with Gasteiger partial charge in [0.1, 0.15) is 5.82 Å². The summed E-state index contributed by atoms with van der Waals surface area (Å²) in [6.07, 6.45) is 3.07. The fraction of sp³-hybridized carbons (Fsp3) is 0.476. The lowest BCUT2D eigenvalue weighted by atomic mass is 9.97. The van der Waals surface area contributed by atoms with Crippen LogP contribution in [0.25, 0.3) is 0 Å². The molecule has 7 heteroatoms. The van der Waals surface area contributed by atoms with Crippen molar-refractivity contribution < 1.29 is 4.39 Å². The molecule has 4 nitrogen and oxygen atoms in total. The summed E-state index contributed by atoms with van der Waals surface area (Å²) in [6, 6.07) is 11.3. The Hall–Kier alpha value is -1.19. The van der Waals surface area contributed by atoms with Crippen LogP contribution < -0.4 is 10.6 Å². The summed E-state index contributed by atoms with van der Waals surface area (Å²) < 4.78 is 13.7. The van der Waals surface area contributed by atoms with Crippen molar-refractivity contribution in [3.05, 3.63) is 58.0 Å². The number of nitrogens with zero attached hydrogens (tertiary/aromatic N) is 2. The predicted octanol–water partition coefficient (Wildman–Crippen LogP) is 4.12. The Morgan fingerprint density at radius 2 is 1.96 bits per heavy atom. The summed E-state index contributed by atoms with van der Waals surface area (Å²) in [4.78, 5) is 8.28. The molecule has 1 aliphatic rings. The molecule has 1 aromatic heterocycles. The summed E-state index contributed by atoms with van der Waals surface area (Å²) in [5.41, 5.74) is 0.735. The SMILES string of the molecule is CN=C(NCCc1ccccc1F)NCC1CCN(Cc2cccs2)CC1.I. The number of guanidine groups is 1. The van der Waals surface area contributed by atoms with Crippen molar-refractivity contribution in [2.45, 2.75) is 25.8 Å². The van der Waals surface area contributed by atoms with Crippen molar-refractivity contribution in [2.24, 2.45) is 10.9 Å². The van der Waals surface area contributed by atoms with Crippen molar-refractivity contribution in [1.29, 1.82) is 0 Å². The van der Waals surface area contributed by atoms with Crippen LogP contribution in [0.5, 0.6) is 0 Å². The summed E-state index contributed by atoms with van der Waals surface area (Å²) >= 11 is 1.84. The second-order valence-electron chi connectivity index (χ2n) is 7.02. The van der Waals surface area contributed by atoms with E-state index in [1.807, 2.05) is 23.5 Å². The number of rotatable bonds is 7. The van der Waals surface area contributed by atoms with Crippen LogP contribution in [-0.4, -0.2) is 44.1 Å². The second kappa shape index (κ2) is 12.4. The van der Waals surface area contributed by atoms with Gasteiger partial charge in [0.25, 0.3) is 0 Å². The number of benzene rings is 1. The maximum Gasteiger partial charge on any atom is 0.190 e. The van der Waals surface area contributed by atoms with Gasteiger partial charge in [0, 0.05) is 31.6 Å². The van der Waals surface area contributed by atoms with Crippen LogP contribution in [0.3, 0.4) is 0 Å². The van der Waals surface area contributed by atoms with Crippen molar-refractivity contribution in [2.75, 3.05) is 33.2 Å². The highest BCUT2D eigenvalue weighted by atomic mass is 127. The Balaban J connectivity index is 0.00000280. The van der Waals surface area contributed by atoms with E-state index in [0.717, 1.165) is 37.7 Å². The molecule has 2 heterocycles. The van der Waals surface area contributed by atoms with E-state index in [1.54, 1.807) is 13.1 Å². The third kappa shape index (κ3) is 7.33. The largest absolute Gasteiger partial charge is 0.356 e. The Labute approximate surface area is 188 Å². The number of nitrogens with one attached hydrogen (secondary N) is 2. The molecule has 0 radical (unpaired) electrons. The molecular weight excluding hydrogens is 486 g/mol. The van der Waals surface area contributed by atoms with Gasteiger partial charge in [0.2, 0.25) is 0 Å². The Morgan fingerprint density at radius 3 is 2.64 bits per heavy atom. The van der Waals surface area contributed by atoms with E-state index in [-0.39, 0.29) is 29.8 Å². The van der Waals surface area contributed by atoms with E-state index in [4.69, 9.17) is 0 Å². The number of hydrogen-bond donors (Lipinski definition) is 2. The second-order valence-corrected chi connectivity index (χ2v) is 8.05. The average molecular weight is 516 g/mol. The number of piperidine rings is 1. The molecule has 0 amide bonds. The molecule has 0 unspecified atom stereocenters. The monoisotopic (exact) mass is 516 g/mol. The third-order valence-electron chi connectivity index (χ3n) is 5.09. The highest BCUT2D eigenvalue weighted by Gasteiger charge is 2.19. The Bertz CT molecular complexity index is 715. The minimum Gasteiger partial charge on any atom is -0.356 e. The smallest absolute Gasteiger partial charge is 0.190 e. The van der Waals surface area contributed by atoms with E-state index < -0.39 is 0 Å². The van der Waals surface area contributed by atoms with Gasteiger partial charge in [-0.1, -0.05) is 24.3 Å². The molecule has 1 fully saturated rings. The van der Waals surface area contributed by atoms with Crippen molar-refractivity contribution >= 4 is 41.3 Å². The fourth-order valence-electron chi connectivity index (χ4n) is 3.45. The highest BCUT2D eigenvalue weighted by Crippen LogP contribution is 2.20. The average Bonchev–Trinajstić information content (AvgIpc) is 3.20. The molecule has 0 aliphatic carbocycles. The lowest BCUT2D eigenvalue weighted by Crippen LogP contribution is -2.43. The summed E-state index contributed by atoms with van der Waals surface area (Å²) in [7, 11) is 1.78. The number of likely N-dealkylation sites (tertiary alicyclic amines) is 1. The Morgan fingerprint density at radius 1 is 1.18 bits per heavy atom. The van der Waals surface area contributed by atoms with Crippen LogP contribution in [0.4, 0.5) is 4.39 Å². The molecule has 2 aromatic rings. The van der Waals surface area contributed by atoms with Gasteiger partial charge in [-0.2, -0.15) is 0 Å². The first kappa shape index (κ1) is 23.1. The summed E-state index contributed by atoms with van der Waals surface area (Å²) in [5, 5.41) is 8.87. The number of thiophene rings is 1. The van der Waals surface area contributed by atoms with E-state index >= 15 is 0 Å². The zero-order chi connectivity index (χ0) is 18.9. The lowest BCUT2D eigenvalue weighted by Gasteiger charge is -2.32. The van der Waals surface area contributed by atoms with Gasteiger partial charge in [-0.05, 0) is 61.3 Å². The molecule has 3 rings (SSSR count). The van der Waals surface area contributed by atoms with Crippen LogP contribution >= 0.6 is 35.3 Å². The third-order valence-corrected chi connectivity index (χ3v) is 5.95. The number of aliphatic imine (C=N–C) groups is 1.